The first kappa shape index (κ1) is 24.4. The van der Waals surface area contributed by atoms with Crippen LogP contribution in [0.5, 0.6) is 0 Å². The van der Waals surface area contributed by atoms with Gasteiger partial charge in [0.15, 0.2) is 0 Å². The van der Waals surface area contributed by atoms with E-state index in [1.54, 1.807) is 4.90 Å². The Morgan fingerprint density at radius 1 is 1.00 bits per heavy atom. The van der Waals surface area contributed by atoms with Crippen LogP contribution in [0, 0.1) is 6.92 Å². The number of hydrogen-bond acceptors (Lipinski definition) is 3. The molecule has 1 aromatic carbocycles. The van der Waals surface area contributed by atoms with Crippen LogP contribution in [0.3, 0.4) is 0 Å². The lowest BCUT2D eigenvalue weighted by Gasteiger charge is -2.47. The SMILES string of the molecule is Cc1ccc(C2CCN(C(=O)N[C@@H]3[C@@H](N4CCN(C(C)C)CC4)CCCC3(F)F)CC2)cc1. The number of piperidine rings is 1. The van der Waals surface area contributed by atoms with Gasteiger partial charge in [-0.25, -0.2) is 13.6 Å². The molecule has 3 aliphatic rings. The lowest BCUT2D eigenvalue weighted by atomic mass is 9.85. The average molecular weight is 463 g/mol. The molecule has 5 nitrogen and oxygen atoms in total. The highest BCUT2D eigenvalue weighted by Crippen LogP contribution is 2.37. The van der Waals surface area contributed by atoms with E-state index in [9.17, 15) is 4.79 Å². The Bertz CT molecular complexity index is 784. The highest BCUT2D eigenvalue weighted by Gasteiger charge is 2.50. The quantitative estimate of drug-likeness (QED) is 0.718. The minimum Gasteiger partial charge on any atom is -0.328 e. The smallest absolute Gasteiger partial charge is 0.317 e. The van der Waals surface area contributed by atoms with Gasteiger partial charge >= 0.3 is 6.03 Å². The van der Waals surface area contributed by atoms with Gasteiger partial charge in [0.2, 0.25) is 0 Å². The van der Waals surface area contributed by atoms with Crippen molar-refractivity contribution in [3.63, 3.8) is 0 Å². The van der Waals surface area contributed by atoms with Crippen molar-refractivity contribution in [2.45, 2.75) is 82.8 Å². The van der Waals surface area contributed by atoms with Crippen molar-refractivity contribution in [3.8, 4) is 0 Å². The second-order valence-corrected chi connectivity index (χ2v) is 10.5. The Hall–Kier alpha value is -1.73. The number of amides is 2. The van der Waals surface area contributed by atoms with Gasteiger partial charge in [0.25, 0.3) is 5.92 Å². The van der Waals surface area contributed by atoms with Crippen LogP contribution in [0.1, 0.15) is 63.0 Å². The summed E-state index contributed by atoms with van der Waals surface area (Å²) in [5.74, 6) is -2.44. The zero-order valence-corrected chi connectivity index (χ0v) is 20.4. The number of carbonyl (C=O) groups excluding carboxylic acids is 1. The van der Waals surface area contributed by atoms with Gasteiger partial charge in [-0.3, -0.25) is 9.80 Å². The topological polar surface area (TPSA) is 38.8 Å². The number of hydrogen-bond donors (Lipinski definition) is 1. The summed E-state index contributed by atoms with van der Waals surface area (Å²) in [4.78, 5) is 19.4. The van der Waals surface area contributed by atoms with Crippen LogP contribution in [-0.4, -0.2) is 84.0 Å². The summed E-state index contributed by atoms with van der Waals surface area (Å²) in [7, 11) is 0. The van der Waals surface area contributed by atoms with Crippen LogP contribution in [-0.2, 0) is 0 Å². The lowest BCUT2D eigenvalue weighted by Crippen LogP contribution is -2.66. The van der Waals surface area contributed by atoms with Crippen LogP contribution in [0.15, 0.2) is 24.3 Å². The molecule has 0 spiro atoms. The summed E-state index contributed by atoms with van der Waals surface area (Å²) >= 11 is 0. The largest absolute Gasteiger partial charge is 0.328 e. The maximum atomic E-state index is 15.1. The van der Waals surface area contributed by atoms with E-state index in [2.05, 4.69) is 60.2 Å². The molecule has 1 saturated carbocycles. The van der Waals surface area contributed by atoms with Crippen molar-refractivity contribution >= 4 is 6.03 Å². The summed E-state index contributed by atoms with van der Waals surface area (Å²) < 4.78 is 30.1. The number of rotatable bonds is 4. The number of urea groups is 1. The molecule has 33 heavy (non-hydrogen) atoms. The normalized spacial score (nSPS) is 27.6. The third-order valence-electron chi connectivity index (χ3n) is 8.01. The minimum atomic E-state index is -2.87. The van der Waals surface area contributed by atoms with Gasteiger partial charge in [0.05, 0.1) is 0 Å². The highest BCUT2D eigenvalue weighted by molar-refractivity contribution is 5.75. The van der Waals surface area contributed by atoms with E-state index in [1.807, 2.05) is 0 Å². The summed E-state index contributed by atoms with van der Waals surface area (Å²) in [5, 5.41) is 2.80. The molecule has 3 fully saturated rings. The molecule has 0 aromatic heterocycles. The van der Waals surface area contributed by atoms with E-state index in [0.717, 1.165) is 45.4 Å². The number of nitrogens with zero attached hydrogens (tertiary/aromatic N) is 3. The fourth-order valence-corrected chi connectivity index (χ4v) is 5.81. The molecular weight excluding hydrogens is 422 g/mol. The first-order valence-electron chi connectivity index (χ1n) is 12.7. The standard InChI is InChI=1S/C26H40F2N4O/c1-19(2)30-15-17-31(18-16-30)23-5-4-12-26(27,28)24(23)29-25(33)32-13-10-22(11-14-32)21-8-6-20(3)7-9-21/h6-9,19,22-24H,4-5,10-18H2,1-3H3,(H,29,33)/t23-,24+/m0/s1. The molecule has 2 saturated heterocycles. The van der Waals surface area contributed by atoms with E-state index < -0.39 is 12.0 Å². The van der Waals surface area contributed by atoms with Gasteiger partial charge in [0, 0.05) is 57.8 Å². The Labute approximate surface area is 197 Å². The fraction of sp³-hybridized carbons (Fsp3) is 0.731. The van der Waals surface area contributed by atoms with E-state index >= 15 is 8.78 Å². The number of piperazine rings is 1. The molecule has 0 radical (unpaired) electrons. The van der Waals surface area contributed by atoms with Crippen molar-refractivity contribution in [3.05, 3.63) is 35.4 Å². The molecule has 2 amide bonds. The number of aryl methyl sites for hydroxylation is 1. The molecule has 0 bridgehead atoms. The molecule has 0 unspecified atom stereocenters. The number of halogens is 2. The second kappa shape index (κ2) is 10.3. The van der Waals surface area contributed by atoms with E-state index in [1.165, 1.54) is 11.1 Å². The fourth-order valence-electron chi connectivity index (χ4n) is 5.81. The van der Waals surface area contributed by atoms with Gasteiger partial charge < -0.3 is 10.2 Å². The van der Waals surface area contributed by atoms with Gasteiger partial charge in [0.1, 0.15) is 6.04 Å². The average Bonchev–Trinajstić information content (AvgIpc) is 2.81. The molecule has 2 aliphatic heterocycles. The Morgan fingerprint density at radius 2 is 1.64 bits per heavy atom. The van der Waals surface area contributed by atoms with Gasteiger partial charge in [-0.05, 0) is 57.9 Å². The lowest BCUT2D eigenvalue weighted by molar-refractivity contribution is -0.0973. The zero-order valence-electron chi connectivity index (χ0n) is 20.4. The molecule has 2 atom stereocenters. The maximum Gasteiger partial charge on any atom is 0.317 e. The van der Waals surface area contributed by atoms with Crippen LogP contribution >= 0.6 is 0 Å². The maximum absolute atomic E-state index is 15.1. The number of nitrogens with one attached hydrogen (secondary N) is 1. The van der Waals surface area contributed by atoms with Crippen molar-refractivity contribution in [2.75, 3.05) is 39.3 Å². The molecule has 4 rings (SSSR count). The van der Waals surface area contributed by atoms with Crippen molar-refractivity contribution < 1.29 is 13.6 Å². The molecule has 1 N–H and O–H groups in total. The van der Waals surface area contributed by atoms with Gasteiger partial charge in [-0.1, -0.05) is 29.8 Å². The highest BCUT2D eigenvalue weighted by atomic mass is 19.3. The van der Waals surface area contributed by atoms with Crippen LogP contribution in [0.2, 0.25) is 0 Å². The van der Waals surface area contributed by atoms with Crippen LogP contribution < -0.4 is 5.32 Å². The first-order valence-corrected chi connectivity index (χ1v) is 12.7. The number of likely N-dealkylation sites (tertiary alicyclic amines) is 1. The third-order valence-corrected chi connectivity index (χ3v) is 8.01. The number of benzene rings is 1. The van der Waals surface area contributed by atoms with E-state index in [4.69, 9.17) is 0 Å². The summed E-state index contributed by atoms with van der Waals surface area (Å²) in [5.41, 5.74) is 2.55. The Kier molecular flexibility index (Phi) is 7.59. The Balaban J connectivity index is 1.36. The van der Waals surface area contributed by atoms with Gasteiger partial charge in [-0.2, -0.15) is 0 Å². The minimum absolute atomic E-state index is 0.143. The summed E-state index contributed by atoms with van der Waals surface area (Å²) in [6.45, 7) is 11.0. The second-order valence-electron chi connectivity index (χ2n) is 10.5. The zero-order chi connectivity index (χ0) is 23.6. The summed E-state index contributed by atoms with van der Waals surface area (Å²) in [6.07, 6.45) is 2.83. The van der Waals surface area contributed by atoms with Gasteiger partial charge in [-0.15, -0.1) is 0 Å². The first-order chi connectivity index (χ1) is 15.7. The van der Waals surface area contributed by atoms with E-state index in [-0.39, 0.29) is 18.5 Å². The molecule has 7 heteroatoms. The molecule has 2 heterocycles. The molecule has 184 valence electrons. The Morgan fingerprint density at radius 3 is 2.24 bits per heavy atom. The molecular formula is C26H40F2N4O. The molecule has 1 aromatic rings. The van der Waals surface area contributed by atoms with Crippen molar-refractivity contribution in [1.29, 1.82) is 0 Å². The van der Waals surface area contributed by atoms with Crippen LogP contribution in [0.4, 0.5) is 13.6 Å². The summed E-state index contributed by atoms with van der Waals surface area (Å²) in [6, 6.07) is 7.33. The van der Waals surface area contributed by atoms with Crippen molar-refractivity contribution in [2.24, 2.45) is 0 Å². The number of alkyl halides is 2. The third kappa shape index (κ3) is 5.68. The van der Waals surface area contributed by atoms with E-state index in [0.29, 0.717) is 31.5 Å². The molecule has 1 aliphatic carbocycles. The predicted octanol–water partition coefficient (Wildman–Crippen LogP) is 4.47. The van der Waals surface area contributed by atoms with Crippen molar-refractivity contribution in [1.82, 2.24) is 20.0 Å². The monoisotopic (exact) mass is 462 g/mol. The van der Waals surface area contributed by atoms with Crippen LogP contribution in [0.25, 0.3) is 0 Å². The predicted molar refractivity (Wildman–Crippen MR) is 128 cm³/mol. The number of carbonyl (C=O) groups is 1.